The maximum absolute atomic E-state index is 13.7. The van der Waals surface area contributed by atoms with Gasteiger partial charge in [0.2, 0.25) is 5.91 Å². The summed E-state index contributed by atoms with van der Waals surface area (Å²) >= 11 is 0. The van der Waals surface area contributed by atoms with Gasteiger partial charge < -0.3 is 20.3 Å². The number of ether oxygens (including phenoxy) is 1. The Labute approximate surface area is 190 Å². The minimum Gasteiger partial charge on any atom is -0.397 e. The molecule has 2 N–H and O–H groups in total. The SMILES string of the molecule is CC1C2Cc3ncc(N)cc3CN2C(=O)[C@]12CC[C@@H](N(C(=O)C(F)(F)F)C1CCOCC1)C2. The van der Waals surface area contributed by atoms with Crippen molar-refractivity contribution in [2.45, 2.75) is 76.3 Å². The molecule has 180 valence electrons. The molecule has 1 saturated carbocycles. The van der Waals surface area contributed by atoms with Crippen LogP contribution in [-0.4, -0.2) is 64.1 Å². The lowest BCUT2D eigenvalue weighted by Crippen LogP contribution is -2.53. The van der Waals surface area contributed by atoms with Gasteiger partial charge in [0, 0.05) is 50.0 Å². The van der Waals surface area contributed by atoms with Crippen molar-refractivity contribution >= 4 is 17.5 Å². The van der Waals surface area contributed by atoms with E-state index in [2.05, 4.69) is 4.98 Å². The van der Waals surface area contributed by atoms with E-state index < -0.39 is 29.6 Å². The Morgan fingerprint density at radius 2 is 2.00 bits per heavy atom. The van der Waals surface area contributed by atoms with Crippen LogP contribution < -0.4 is 5.73 Å². The van der Waals surface area contributed by atoms with Crippen molar-refractivity contribution in [3.05, 3.63) is 23.5 Å². The van der Waals surface area contributed by atoms with Crippen molar-refractivity contribution in [2.75, 3.05) is 18.9 Å². The van der Waals surface area contributed by atoms with E-state index in [1.807, 2.05) is 17.9 Å². The van der Waals surface area contributed by atoms with Crippen LogP contribution in [0, 0.1) is 11.3 Å². The van der Waals surface area contributed by atoms with E-state index in [0.717, 1.165) is 16.2 Å². The molecule has 1 aromatic rings. The number of rotatable bonds is 2. The molecule has 4 aliphatic rings. The Balaban J connectivity index is 1.42. The molecule has 33 heavy (non-hydrogen) atoms. The van der Waals surface area contributed by atoms with E-state index in [1.165, 1.54) is 0 Å². The summed E-state index contributed by atoms with van der Waals surface area (Å²) in [6.45, 7) is 3.11. The summed E-state index contributed by atoms with van der Waals surface area (Å²) in [5.74, 6) is -1.85. The predicted molar refractivity (Wildman–Crippen MR) is 113 cm³/mol. The number of hydrogen-bond acceptors (Lipinski definition) is 5. The zero-order chi connectivity index (χ0) is 23.5. The van der Waals surface area contributed by atoms with Crippen molar-refractivity contribution in [1.82, 2.24) is 14.8 Å². The van der Waals surface area contributed by atoms with Gasteiger partial charge in [-0.1, -0.05) is 6.92 Å². The molecule has 2 unspecified atom stereocenters. The maximum Gasteiger partial charge on any atom is 0.471 e. The van der Waals surface area contributed by atoms with Gasteiger partial charge in [-0.3, -0.25) is 14.6 Å². The number of aromatic nitrogens is 1. The zero-order valence-corrected chi connectivity index (χ0v) is 18.6. The summed E-state index contributed by atoms with van der Waals surface area (Å²) in [4.78, 5) is 33.6. The molecule has 2 saturated heterocycles. The summed E-state index contributed by atoms with van der Waals surface area (Å²) in [5, 5.41) is 0. The molecule has 2 amide bonds. The first-order valence-corrected chi connectivity index (χ1v) is 11.6. The van der Waals surface area contributed by atoms with Crippen LogP contribution in [0.1, 0.15) is 50.3 Å². The lowest BCUT2D eigenvalue weighted by atomic mass is 9.73. The first-order valence-electron chi connectivity index (χ1n) is 11.6. The Hall–Kier alpha value is -2.36. The first-order chi connectivity index (χ1) is 15.6. The monoisotopic (exact) mass is 466 g/mol. The topological polar surface area (TPSA) is 88.8 Å². The normalized spacial score (nSPS) is 32.2. The van der Waals surface area contributed by atoms with Gasteiger partial charge in [0.25, 0.3) is 0 Å². The van der Waals surface area contributed by atoms with Crippen LogP contribution in [-0.2, 0) is 27.3 Å². The molecular formula is C23H29F3N4O3. The smallest absolute Gasteiger partial charge is 0.397 e. The minimum atomic E-state index is -4.94. The van der Waals surface area contributed by atoms with Crippen LogP contribution in [0.25, 0.3) is 0 Å². The van der Waals surface area contributed by atoms with Crippen molar-refractivity contribution in [3.8, 4) is 0 Å². The standard InChI is InChI=1S/C23H29F3N4O3/c1-13-19-9-18-14(8-15(27)11-28-18)12-29(19)20(31)22(13)5-2-17(10-22)30(21(32)23(24,25)26)16-3-6-33-7-4-16/h8,11,13,16-17,19H,2-7,9-10,12,27H2,1H3/t13?,17-,19?,22+/m1/s1. The van der Waals surface area contributed by atoms with Crippen LogP contribution in [0.2, 0.25) is 0 Å². The highest BCUT2D eigenvalue weighted by Gasteiger charge is 2.62. The lowest BCUT2D eigenvalue weighted by molar-refractivity contribution is -0.192. The van der Waals surface area contributed by atoms with Gasteiger partial charge in [-0.15, -0.1) is 0 Å². The lowest BCUT2D eigenvalue weighted by Gasteiger charge is -2.39. The number of nitrogens with two attached hydrogens (primary N) is 1. The average Bonchev–Trinajstić information content (AvgIpc) is 3.30. The summed E-state index contributed by atoms with van der Waals surface area (Å²) < 4.78 is 45.9. The molecule has 3 fully saturated rings. The highest BCUT2D eigenvalue weighted by Crippen LogP contribution is 2.55. The predicted octanol–water partition coefficient (Wildman–Crippen LogP) is 2.68. The number of carbonyl (C=O) groups excluding carboxylic acids is 2. The number of fused-ring (bicyclic) bond motifs is 2. The number of carbonyl (C=O) groups is 2. The number of hydrogen-bond donors (Lipinski definition) is 1. The van der Waals surface area contributed by atoms with Gasteiger partial charge in [-0.2, -0.15) is 13.2 Å². The number of pyridine rings is 1. The number of halogens is 3. The maximum atomic E-state index is 13.7. The molecule has 0 bridgehead atoms. The van der Waals surface area contributed by atoms with Gasteiger partial charge in [0.1, 0.15) is 0 Å². The molecular weight excluding hydrogens is 437 g/mol. The number of nitrogen functional groups attached to an aromatic ring is 1. The highest BCUT2D eigenvalue weighted by atomic mass is 19.4. The van der Waals surface area contributed by atoms with Crippen LogP contribution in [0.4, 0.5) is 18.9 Å². The number of nitrogens with zero attached hydrogens (tertiary/aromatic N) is 3. The van der Waals surface area contributed by atoms with E-state index in [9.17, 15) is 22.8 Å². The van der Waals surface area contributed by atoms with E-state index in [0.29, 0.717) is 57.6 Å². The van der Waals surface area contributed by atoms with E-state index >= 15 is 0 Å². The molecule has 5 rings (SSSR count). The second-order valence-corrected chi connectivity index (χ2v) is 9.97. The molecule has 7 nitrogen and oxygen atoms in total. The van der Waals surface area contributed by atoms with Crippen LogP contribution in [0.3, 0.4) is 0 Å². The van der Waals surface area contributed by atoms with Crippen LogP contribution in [0.5, 0.6) is 0 Å². The van der Waals surface area contributed by atoms with Crippen molar-refractivity contribution < 1.29 is 27.5 Å². The van der Waals surface area contributed by atoms with Gasteiger partial charge in [-0.05, 0) is 49.7 Å². The van der Waals surface area contributed by atoms with Crippen LogP contribution in [0.15, 0.2) is 12.3 Å². The van der Waals surface area contributed by atoms with Crippen LogP contribution >= 0.6 is 0 Å². The second-order valence-electron chi connectivity index (χ2n) is 9.97. The summed E-state index contributed by atoms with van der Waals surface area (Å²) in [7, 11) is 0. The summed E-state index contributed by atoms with van der Waals surface area (Å²) in [6, 6.07) is 0.674. The molecule has 0 radical (unpaired) electrons. The van der Waals surface area contributed by atoms with E-state index in [1.54, 1.807) is 6.20 Å². The van der Waals surface area contributed by atoms with Gasteiger partial charge >= 0.3 is 12.1 Å². The van der Waals surface area contributed by atoms with Gasteiger partial charge in [0.05, 0.1) is 17.3 Å². The fourth-order valence-electron chi connectivity index (χ4n) is 6.64. The molecule has 3 aliphatic heterocycles. The molecule has 1 aliphatic carbocycles. The Bertz CT molecular complexity index is 965. The average molecular weight is 467 g/mol. The molecule has 10 heteroatoms. The van der Waals surface area contributed by atoms with E-state index in [-0.39, 0.29) is 24.3 Å². The molecule has 4 heterocycles. The second kappa shape index (κ2) is 7.85. The number of anilines is 1. The Kier molecular flexibility index (Phi) is 5.34. The Morgan fingerprint density at radius 3 is 2.70 bits per heavy atom. The van der Waals surface area contributed by atoms with Crippen molar-refractivity contribution in [3.63, 3.8) is 0 Å². The highest BCUT2D eigenvalue weighted by molar-refractivity contribution is 5.87. The quantitative estimate of drug-likeness (QED) is 0.724. The van der Waals surface area contributed by atoms with Crippen molar-refractivity contribution in [1.29, 1.82) is 0 Å². The largest absolute Gasteiger partial charge is 0.471 e. The van der Waals surface area contributed by atoms with Gasteiger partial charge in [0.15, 0.2) is 0 Å². The molecule has 4 atom stereocenters. The number of alkyl halides is 3. The van der Waals surface area contributed by atoms with Gasteiger partial charge in [-0.25, -0.2) is 0 Å². The van der Waals surface area contributed by atoms with Crippen molar-refractivity contribution in [2.24, 2.45) is 11.3 Å². The Morgan fingerprint density at radius 1 is 1.27 bits per heavy atom. The van der Waals surface area contributed by atoms with E-state index in [4.69, 9.17) is 10.5 Å². The molecule has 1 aromatic heterocycles. The first kappa shape index (κ1) is 22.4. The molecule has 1 spiro atoms. The number of amides is 2. The fourth-order valence-corrected chi connectivity index (χ4v) is 6.64. The zero-order valence-electron chi connectivity index (χ0n) is 18.6. The summed E-state index contributed by atoms with van der Waals surface area (Å²) in [5.41, 5.74) is 7.52. The minimum absolute atomic E-state index is 0.0121. The fraction of sp³-hybridized carbons (Fsp3) is 0.696. The third-order valence-corrected chi connectivity index (χ3v) is 8.34. The third kappa shape index (κ3) is 3.57. The molecule has 0 aromatic carbocycles. The third-order valence-electron chi connectivity index (χ3n) is 8.34. The summed E-state index contributed by atoms with van der Waals surface area (Å²) in [6.07, 6.45) is -0.797.